The van der Waals surface area contributed by atoms with Crippen LogP contribution in [0.4, 0.5) is 0 Å². The summed E-state index contributed by atoms with van der Waals surface area (Å²) < 4.78 is 0. The predicted octanol–water partition coefficient (Wildman–Crippen LogP) is 1.85. The minimum Gasteiger partial charge on any atom is -0.329 e. The van der Waals surface area contributed by atoms with Crippen LogP contribution in [0.3, 0.4) is 0 Å². The van der Waals surface area contributed by atoms with Gasteiger partial charge in [0.2, 0.25) is 0 Å². The van der Waals surface area contributed by atoms with E-state index >= 15 is 0 Å². The van der Waals surface area contributed by atoms with E-state index < -0.39 is 0 Å². The van der Waals surface area contributed by atoms with Crippen LogP contribution >= 0.6 is 0 Å². The fraction of sp³-hybridized carbons (Fsp3) is 0.625. The highest BCUT2D eigenvalue weighted by Crippen LogP contribution is 2.17. The first-order chi connectivity index (χ1) is 9.01. The molecule has 19 heavy (non-hydrogen) atoms. The average molecular weight is 261 g/mol. The molecule has 0 aliphatic carbocycles. The van der Waals surface area contributed by atoms with Gasteiger partial charge in [0.25, 0.3) is 0 Å². The van der Waals surface area contributed by atoms with Crippen molar-refractivity contribution in [1.29, 1.82) is 0 Å². The Labute approximate surface area is 117 Å². The second-order valence-electron chi connectivity index (χ2n) is 6.27. The van der Waals surface area contributed by atoms with E-state index in [1.807, 2.05) is 0 Å². The van der Waals surface area contributed by atoms with Crippen molar-refractivity contribution in [3.63, 3.8) is 0 Å². The Morgan fingerprint density at radius 2 is 1.84 bits per heavy atom. The van der Waals surface area contributed by atoms with Crippen molar-refractivity contribution in [2.45, 2.75) is 32.9 Å². The fourth-order valence-electron chi connectivity index (χ4n) is 2.71. The lowest BCUT2D eigenvalue weighted by atomic mass is 10.0. The molecule has 1 heterocycles. The molecule has 1 saturated heterocycles. The van der Waals surface area contributed by atoms with Gasteiger partial charge >= 0.3 is 0 Å². The van der Waals surface area contributed by atoms with Crippen LogP contribution in [-0.4, -0.2) is 48.1 Å². The Morgan fingerprint density at radius 3 is 2.42 bits per heavy atom. The lowest BCUT2D eigenvalue weighted by Crippen LogP contribution is -2.57. The van der Waals surface area contributed by atoms with Crippen LogP contribution in [-0.2, 0) is 6.54 Å². The molecule has 1 aliphatic rings. The Bertz CT molecular complexity index is 406. The van der Waals surface area contributed by atoms with Gasteiger partial charge in [-0.3, -0.25) is 9.80 Å². The summed E-state index contributed by atoms with van der Waals surface area (Å²) in [5.41, 5.74) is 8.76. The van der Waals surface area contributed by atoms with Crippen LogP contribution in [0.5, 0.6) is 0 Å². The molecule has 0 saturated carbocycles. The van der Waals surface area contributed by atoms with Crippen molar-refractivity contribution < 1.29 is 0 Å². The minimum atomic E-state index is 0.134. The molecule has 106 valence electrons. The average Bonchev–Trinajstić information content (AvgIpc) is 2.39. The quantitative estimate of drug-likeness (QED) is 0.898. The normalized spacial score (nSPS) is 18.7. The van der Waals surface area contributed by atoms with E-state index in [9.17, 15) is 0 Å². The first-order valence-corrected chi connectivity index (χ1v) is 7.24. The maximum Gasteiger partial charge on any atom is 0.0276 e. The van der Waals surface area contributed by atoms with Crippen molar-refractivity contribution in [3.8, 4) is 0 Å². The molecule has 1 aromatic rings. The van der Waals surface area contributed by atoms with Crippen molar-refractivity contribution in [1.82, 2.24) is 9.80 Å². The monoisotopic (exact) mass is 261 g/mol. The Morgan fingerprint density at radius 1 is 1.16 bits per heavy atom. The zero-order valence-electron chi connectivity index (χ0n) is 12.5. The van der Waals surface area contributed by atoms with Crippen LogP contribution < -0.4 is 5.73 Å². The standard InChI is InChI=1S/C16H27N3/c1-14-5-4-6-15(11-14)12-18-7-9-19(10-8-18)16(2,3)13-17/h4-6,11H,7-10,12-13,17H2,1-3H3. The molecule has 1 aromatic carbocycles. The number of benzene rings is 1. The van der Waals surface area contributed by atoms with Crippen LogP contribution in [0.25, 0.3) is 0 Å². The highest BCUT2D eigenvalue weighted by molar-refractivity contribution is 5.22. The molecule has 0 radical (unpaired) electrons. The number of piperazine rings is 1. The van der Waals surface area contributed by atoms with Gasteiger partial charge in [-0.05, 0) is 26.3 Å². The first-order valence-electron chi connectivity index (χ1n) is 7.24. The van der Waals surface area contributed by atoms with Gasteiger partial charge in [-0.1, -0.05) is 29.8 Å². The molecule has 3 nitrogen and oxygen atoms in total. The summed E-state index contributed by atoms with van der Waals surface area (Å²) in [7, 11) is 0. The van der Waals surface area contributed by atoms with Crippen LogP contribution in [0.15, 0.2) is 24.3 Å². The molecule has 0 aromatic heterocycles. The first kappa shape index (κ1) is 14.5. The highest BCUT2D eigenvalue weighted by Gasteiger charge is 2.28. The number of aryl methyl sites for hydroxylation is 1. The van der Waals surface area contributed by atoms with E-state index in [0.29, 0.717) is 0 Å². The number of hydrogen-bond donors (Lipinski definition) is 1. The fourth-order valence-corrected chi connectivity index (χ4v) is 2.71. The molecule has 2 rings (SSSR count). The SMILES string of the molecule is Cc1cccc(CN2CCN(C(C)(C)CN)CC2)c1. The zero-order chi connectivity index (χ0) is 13.9. The smallest absolute Gasteiger partial charge is 0.0276 e. The maximum absolute atomic E-state index is 5.86. The van der Waals surface area contributed by atoms with Gasteiger partial charge in [0.15, 0.2) is 0 Å². The van der Waals surface area contributed by atoms with Gasteiger partial charge in [-0.25, -0.2) is 0 Å². The van der Waals surface area contributed by atoms with E-state index in [2.05, 4.69) is 54.8 Å². The largest absolute Gasteiger partial charge is 0.329 e. The van der Waals surface area contributed by atoms with Crippen molar-refractivity contribution in [2.24, 2.45) is 5.73 Å². The summed E-state index contributed by atoms with van der Waals surface area (Å²) in [6.45, 7) is 12.9. The summed E-state index contributed by atoms with van der Waals surface area (Å²) in [6.07, 6.45) is 0. The molecule has 3 heteroatoms. The molecule has 0 unspecified atom stereocenters. The molecule has 0 amide bonds. The van der Waals surface area contributed by atoms with Gasteiger partial charge in [0.1, 0.15) is 0 Å². The molecule has 0 bridgehead atoms. The topological polar surface area (TPSA) is 32.5 Å². The summed E-state index contributed by atoms with van der Waals surface area (Å²) in [5.74, 6) is 0. The summed E-state index contributed by atoms with van der Waals surface area (Å²) in [6, 6.07) is 8.82. The third-order valence-corrected chi connectivity index (χ3v) is 4.22. The maximum atomic E-state index is 5.86. The molecular weight excluding hydrogens is 234 g/mol. The third-order valence-electron chi connectivity index (χ3n) is 4.22. The number of nitrogens with zero attached hydrogens (tertiary/aromatic N) is 2. The summed E-state index contributed by atoms with van der Waals surface area (Å²) >= 11 is 0. The van der Waals surface area contributed by atoms with Gasteiger partial charge in [-0.2, -0.15) is 0 Å². The van der Waals surface area contributed by atoms with Gasteiger partial charge < -0.3 is 5.73 Å². The summed E-state index contributed by atoms with van der Waals surface area (Å²) in [4.78, 5) is 5.05. The number of nitrogens with two attached hydrogens (primary N) is 1. The van der Waals surface area contributed by atoms with Crippen molar-refractivity contribution in [2.75, 3.05) is 32.7 Å². The lowest BCUT2D eigenvalue weighted by molar-refractivity contribution is 0.0538. The van der Waals surface area contributed by atoms with Crippen LogP contribution in [0.1, 0.15) is 25.0 Å². The van der Waals surface area contributed by atoms with Crippen molar-refractivity contribution in [3.05, 3.63) is 35.4 Å². The van der Waals surface area contributed by atoms with Crippen LogP contribution in [0.2, 0.25) is 0 Å². The second kappa shape index (κ2) is 6.04. The zero-order valence-corrected chi connectivity index (χ0v) is 12.5. The number of hydrogen-bond acceptors (Lipinski definition) is 3. The Balaban J connectivity index is 1.87. The van der Waals surface area contributed by atoms with E-state index in [-0.39, 0.29) is 5.54 Å². The Hall–Kier alpha value is -0.900. The third kappa shape index (κ3) is 3.78. The molecule has 1 aliphatic heterocycles. The van der Waals surface area contributed by atoms with E-state index in [0.717, 1.165) is 39.3 Å². The van der Waals surface area contributed by atoms with E-state index in [1.54, 1.807) is 0 Å². The molecule has 0 spiro atoms. The lowest BCUT2D eigenvalue weighted by Gasteiger charge is -2.43. The van der Waals surface area contributed by atoms with Gasteiger partial charge in [0, 0.05) is 44.8 Å². The van der Waals surface area contributed by atoms with Crippen LogP contribution in [0, 0.1) is 6.92 Å². The molecule has 2 N–H and O–H groups in total. The van der Waals surface area contributed by atoms with Gasteiger partial charge in [0.05, 0.1) is 0 Å². The van der Waals surface area contributed by atoms with Gasteiger partial charge in [-0.15, -0.1) is 0 Å². The van der Waals surface area contributed by atoms with E-state index in [4.69, 9.17) is 5.73 Å². The van der Waals surface area contributed by atoms with E-state index in [1.165, 1.54) is 11.1 Å². The second-order valence-corrected chi connectivity index (χ2v) is 6.27. The Kier molecular flexibility index (Phi) is 4.61. The molecular formula is C16H27N3. The van der Waals surface area contributed by atoms with Crippen molar-refractivity contribution >= 4 is 0 Å². The highest BCUT2D eigenvalue weighted by atomic mass is 15.3. The summed E-state index contributed by atoms with van der Waals surface area (Å²) in [5, 5.41) is 0. The molecule has 1 fully saturated rings. The molecule has 0 atom stereocenters. The predicted molar refractivity (Wildman–Crippen MR) is 81.2 cm³/mol. The minimum absolute atomic E-state index is 0.134. The number of rotatable bonds is 4.